The van der Waals surface area contributed by atoms with Gasteiger partial charge in [0.25, 0.3) is 0 Å². The zero-order chi connectivity index (χ0) is 14.0. The molecule has 0 aliphatic carbocycles. The van der Waals surface area contributed by atoms with Gasteiger partial charge in [-0.2, -0.15) is 5.10 Å². The molecule has 2 aromatic rings. The van der Waals surface area contributed by atoms with Gasteiger partial charge in [0.15, 0.2) is 0 Å². The Hall–Kier alpha value is -1.37. The van der Waals surface area contributed by atoms with Crippen molar-refractivity contribution in [3.63, 3.8) is 0 Å². The van der Waals surface area contributed by atoms with Gasteiger partial charge in [0.05, 0.1) is 11.1 Å². The standard InChI is InChI=1S/C12H14ClN3O2S/c1-8-11(13)4-3-5-12(8)19(17,18)15-7-10-6-14-16-9(10)2/h3-6,15H,7H2,1-2H3,(H,14,16). The Bertz CT molecular complexity index is 695. The summed E-state index contributed by atoms with van der Waals surface area (Å²) in [4.78, 5) is 0.196. The molecule has 19 heavy (non-hydrogen) atoms. The maximum absolute atomic E-state index is 12.2. The second kappa shape index (κ2) is 5.32. The first-order chi connectivity index (χ1) is 8.92. The van der Waals surface area contributed by atoms with E-state index in [-0.39, 0.29) is 11.4 Å². The number of nitrogens with zero attached hydrogens (tertiary/aromatic N) is 1. The molecule has 102 valence electrons. The number of nitrogens with one attached hydrogen (secondary N) is 2. The van der Waals surface area contributed by atoms with Crippen LogP contribution in [0.2, 0.25) is 5.02 Å². The third-order valence-corrected chi connectivity index (χ3v) is 4.85. The normalized spacial score (nSPS) is 11.7. The molecular formula is C12H14ClN3O2S. The van der Waals surface area contributed by atoms with Crippen LogP contribution in [-0.2, 0) is 16.6 Å². The van der Waals surface area contributed by atoms with Crippen LogP contribution in [0.1, 0.15) is 16.8 Å². The summed E-state index contributed by atoms with van der Waals surface area (Å²) in [5.41, 5.74) is 2.19. The van der Waals surface area contributed by atoms with Gasteiger partial charge in [0.2, 0.25) is 10.0 Å². The topological polar surface area (TPSA) is 74.8 Å². The van der Waals surface area contributed by atoms with Crippen LogP contribution in [-0.4, -0.2) is 18.6 Å². The molecule has 7 heteroatoms. The Balaban J connectivity index is 2.24. The summed E-state index contributed by atoms with van der Waals surface area (Å²) < 4.78 is 27.0. The van der Waals surface area contributed by atoms with Gasteiger partial charge in [-0.15, -0.1) is 0 Å². The average Bonchev–Trinajstić information content (AvgIpc) is 2.76. The van der Waals surface area contributed by atoms with E-state index in [0.29, 0.717) is 10.6 Å². The van der Waals surface area contributed by atoms with Crippen LogP contribution in [0, 0.1) is 13.8 Å². The fourth-order valence-electron chi connectivity index (χ4n) is 1.68. The van der Waals surface area contributed by atoms with Gasteiger partial charge < -0.3 is 0 Å². The van der Waals surface area contributed by atoms with Gasteiger partial charge in [-0.3, -0.25) is 5.10 Å². The first-order valence-electron chi connectivity index (χ1n) is 5.65. The molecule has 0 radical (unpaired) electrons. The van der Waals surface area contributed by atoms with E-state index in [9.17, 15) is 8.42 Å². The number of halogens is 1. The number of hydrogen-bond acceptors (Lipinski definition) is 3. The molecule has 2 N–H and O–H groups in total. The van der Waals surface area contributed by atoms with E-state index in [1.54, 1.807) is 25.3 Å². The Kier molecular flexibility index (Phi) is 3.93. The third-order valence-electron chi connectivity index (χ3n) is 2.89. The molecule has 0 saturated heterocycles. The number of sulfonamides is 1. The molecule has 0 spiro atoms. The van der Waals surface area contributed by atoms with Crippen LogP contribution in [0.25, 0.3) is 0 Å². The van der Waals surface area contributed by atoms with Gasteiger partial charge in [-0.25, -0.2) is 13.1 Å². The first kappa shape index (κ1) is 14.0. The highest BCUT2D eigenvalue weighted by molar-refractivity contribution is 7.89. The molecule has 0 atom stereocenters. The molecule has 2 rings (SSSR count). The molecule has 0 bridgehead atoms. The van der Waals surface area contributed by atoms with Crippen LogP contribution in [0.15, 0.2) is 29.3 Å². The van der Waals surface area contributed by atoms with E-state index in [0.717, 1.165) is 11.3 Å². The molecule has 5 nitrogen and oxygen atoms in total. The smallest absolute Gasteiger partial charge is 0.241 e. The molecule has 0 fully saturated rings. The molecule has 0 amide bonds. The maximum Gasteiger partial charge on any atom is 0.241 e. The predicted molar refractivity (Wildman–Crippen MR) is 73.5 cm³/mol. The van der Waals surface area contributed by atoms with Gasteiger partial charge in [-0.05, 0) is 31.5 Å². The summed E-state index contributed by atoms with van der Waals surface area (Å²) in [5.74, 6) is 0. The molecule has 0 aliphatic rings. The van der Waals surface area contributed by atoms with Crippen LogP contribution in [0.5, 0.6) is 0 Å². The number of aromatic amines is 1. The molecule has 1 aromatic heterocycles. The summed E-state index contributed by atoms with van der Waals surface area (Å²) in [6, 6.07) is 4.81. The van der Waals surface area contributed by atoms with Gasteiger partial charge in [0.1, 0.15) is 0 Å². The highest BCUT2D eigenvalue weighted by Crippen LogP contribution is 2.22. The van der Waals surface area contributed by atoms with Crippen molar-refractivity contribution in [3.8, 4) is 0 Å². The molecular weight excluding hydrogens is 286 g/mol. The summed E-state index contributed by atoms with van der Waals surface area (Å²) in [7, 11) is -3.58. The fourth-order valence-corrected chi connectivity index (χ4v) is 3.19. The maximum atomic E-state index is 12.2. The Morgan fingerprint density at radius 2 is 2.11 bits per heavy atom. The van der Waals surface area contributed by atoms with Crippen molar-refractivity contribution in [2.24, 2.45) is 0 Å². The minimum absolute atomic E-state index is 0.191. The number of rotatable bonds is 4. The second-order valence-electron chi connectivity index (χ2n) is 4.21. The lowest BCUT2D eigenvalue weighted by molar-refractivity contribution is 0.580. The van der Waals surface area contributed by atoms with Crippen molar-refractivity contribution >= 4 is 21.6 Å². The summed E-state index contributed by atoms with van der Waals surface area (Å²) in [5, 5.41) is 7.04. The predicted octanol–water partition coefficient (Wildman–Crippen LogP) is 2.16. The summed E-state index contributed by atoms with van der Waals surface area (Å²) in [6.07, 6.45) is 1.60. The van der Waals surface area contributed by atoms with Crippen LogP contribution in [0.3, 0.4) is 0 Å². The molecule has 0 saturated carbocycles. The Morgan fingerprint density at radius 1 is 1.37 bits per heavy atom. The number of aryl methyl sites for hydroxylation is 1. The minimum Gasteiger partial charge on any atom is -0.283 e. The second-order valence-corrected chi connectivity index (χ2v) is 6.35. The average molecular weight is 300 g/mol. The van der Waals surface area contributed by atoms with Crippen molar-refractivity contribution in [3.05, 3.63) is 46.2 Å². The van der Waals surface area contributed by atoms with Crippen molar-refractivity contribution in [2.75, 3.05) is 0 Å². The lowest BCUT2D eigenvalue weighted by Gasteiger charge is -2.09. The van der Waals surface area contributed by atoms with Gasteiger partial charge >= 0.3 is 0 Å². The summed E-state index contributed by atoms with van der Waals surface area (Å²) in [6.45, 7) is 3.71. The van der Waals surface area contributed by atoms with E-state index in [2.05, 4.69) is 14.9 Å². The Labute approximate surface area is 117 Å². The first-order valence-corrected chi connectivity index (χ1v) is 7.51. The minimum atomic E-state index is -3.58. The monoisotopic (exact) mass is 299 g/mol. The number of hydrogen-bond donors (Lipinski definition) is 2. The highest BCUT2D eigenvalue weighted by Gasteiger charge is 2.18. The third kappa shape index (κ3) is 2.97. The number of aromatic nitrogens is 2. The van der Waals surface area contributed by atoms with Crippen LogP contribution >= 0.6 is 11.6 Å². The van der Waals surface area contributed by atoms with E-state index in [1.807, 2.05) is 6.92 Å². The van der Waals surface area contributed by atoms with Crippen molar-refractivity contribution in [1.29, 1.82) is 0 Å². The summed E-state index contributed by atoms with van der Waals surface area (Å²) >= 11 is 5.94. The molecule has 0 unspecified atom stereocenters. The lowest BCUT2D eigenvalue weighted by atomic mass is 10.2. The SMILES string of the molecule is Cc1[nH]ncc1CNS(=O)(=O)c1cccc(Cl)c1C. The molecule has 0 aliphatic heterocycles. The fraction of sp³-hybridized carbons (Fsp3) is 0.250. The number of benzene rings is 1. The highest BCUT2D eigenvalue weighted by atomic mass is 35.5. The lowest BCUT2D eigenvalue weighted by Crippen LogP contribution is -2.24. The van der Waals surface area contributed by atoms with Crippen LogP contribution in [0.4, 0.5) is 0 Å². The molecule has 1 aromatic carbocycles. The van der Waals surface area contributed by atoms with E-state index in [1.165, 1.54) is 6.07 Å². The Morgan fingerprint density at radius 3 is 2.74 bits per heavy atom. The van der Waals surface area contributed by atoms with Crippen molar-refractivity contribution in [1.82, 2.24) is 14.9 Å². The van der Waals surface area contributed by atoms with E-state index < -0.39 is 10.0 Å². The largest absolute Gasteiger partial charge is 0.283 e. The molecule has 1 heterocycles. The zero-order valence-electron chi connectivity index (χ0n) is 10.6. The zero-order valence-corrected chi connectivity index (χ0v) is 12.1. The van der Waals surface area contributed by atoms with E-state index in [4.69, 9.17) is 11.6 Å². The van der Waals surface area contributed by atoms with Gasteiger partial charge in [-0.1, -0.05) is 17.7 Å². The van der Waals surface area contributed by atoms with Crippen molar-refractivity contribution < 1.29 is 8.42 Å². The van der Waals surface area contributed by atoms with Crippen LogP contribution < -0.4 is 4.72 Å². The number of H-pyrrole nitrogens is 1. The van der Waals surface area contributed by atoms with Gasteiger partial charge in [0, 0.05) is 22.8 Å². The van der Waals surface area contributed by atoms with Crippen molar-refractivity contribution in [2.45, 2.75) is 25.3 Å². The van der Waals surface area contributed by atoms with E-state index >= 15 is 0 Å². The quantitative estimate of drug-likeness (QED) is 0.908.